The lowest BCUT2D eigenvalue weighted by atomic mass is 9.97. The van der Waals surface area contributed by atoms with Crippen molar-refractivity contribution in [3.8, 4) is 5.69 Å². The predicted octanol–water partition coefficient (Wildman–Crippen LogP) is 2.18. The summed E-state index contributed by atoms with van der Waals surface area (Å²) in [6, 6.07) is 5.86. The molecule has 1 saturated heterocycles. The Morgan fingerprint density at radius 1 is 1.42 bits per heavy atom. The highest BCUT2D eigenvalue weighted by Crippen LogP contribution is 2.19. The number of esters is 1. The largest absolute Gasteiger partial charge is 0.466 e. The van der Waals surface area contributed by atoms with E-state index >= 15 is 0 Å². The lowest BCUT2D eigenvalue weighted by Gasteiger charge is -2.27. The van der Waals surface area contributed by atoms with E-state index in [0.29, 0.717) is 23.1 Å². The van der Waals surface area contributed by atoms with Crippen molar-refractivity contribution in [2.24, 2.45) is 5.92 Å². The molecule has 1 fully saturated rings. The minimum absolute atomic E-state index is 0.0268. The van der Waals surface area contributed by atoms with Gasteiger partial charge in [0.2, 0.25) is 4.77 Å². The van der Waals surface area contributed by atoms with Crippen molar-refractivity contribution in [3.63, 3.8) is 0 Å². The second-order valence-electron chi connectivity index (χ2n) is 6.65. The van der Waals surface area contributed by atoms with Crippen molar-refractivity contribution in [2.75, 3.05) is 19.7 Å². The summed E-state index contributed by atoms with van der Waals surface area (Å²) in [5.74, 6) is -0.0392. The predicted molar refractivity (Wildman–Crippen MR) is 102 cm³/mol. The van der Waals surface area contributed by atoms with E-state index in [0.717, 1.165) is 37.2 Å². The van der Waals surface area contributed by atoms with Crippen molar-refractivity contribution >= 4 is 29.8 Å². The first-order valence-electron chi connectivity index (χ1n) is 8.90. The molecule has 1 aliphatic rings. The van der Waals surface area contributed by atoms with Crippen LogP contribution in [0.1, 0.15) is 25.3 Å². The van der Waals surface area contributed by atoms with E-state index in [1.165, 1.54) is 4.90 Å². The molecular formula is C18H24ClN4O2S+. The quantitative estimate of drug-likeness (QED) is 0.622. The summed E-state index contributed by atoms with van der Waals surface area (Å²) in [4.78, 5) is 13.2. The molecule has 2 heterocycles. The number of ether oxygens (including phenoxy) is 1. The zero-order chi connectivity index (χ0) is 18.7. The van der Waals surface area contributed by atoms with E-state index in [2.05, 4.69) is 5.10 Å². The Hall–Kier alpha value is -1.70. The summed E-state index contributed by atoms with van der Waals surface area (Å²) in [6.45, 7) is 6.78. The Kier molecular flexibility index (Phi) is 6.11. The molecular weight excluding hydrogens is 372 g/mol. The van der Waals surface area contributed by atoms with Crippen LogP contribution in [-0.2, 0) is 16.2 Å². The van der Waals surface area contributed by atoms with Crippen molar-refractivity contribution in [1.29, 1.82) is 0 Å². The van der Waals surface area contributed by atoms with Crippen LogP contribution in [0.4, 0.5) is 0 Å². The number of nitrogens with one attached hydrogen (secondary N) is 1. The molecule has 0 bridgehead atoms. The third-order valence-corrected chi connectivity index (χ3v) is 5.67. The van der Waals surface area contributed by atoms with Gasteiger partial charge in [-0.1, -0.05) is 17.7 Å². The SMILES string of the molecule is CCOC(=O)C1CC[NH+](Cn2ncn(-c3ccc(C)c(Cl)c3)c2=S)CC1. The number of hydrogen-bond donors (Lipinski definition) is 1. The Morgan fingerprint density at radius 2 is 2.15 bits per heavy atom. The van der Waals surface area contributed by atoms with Crippen molar-refractivity contribution in [2.45, 2.75) is 33.4 Å². The molecule has 1 aromatic carbocycles. The number of quaternary nitrogens is 1. The van der Waals surface area contributed by atoms with Crippen LogP contribution in [0.3, 0.4) is 0 Å². The maximum Gasteiger partial charge on any atom is 0.309 e. The number of aromatic nitrogens is 3. The van der Waals surface area contributed by atoms with E-state index in [-0.39, 0.29) is 11.9 Å². The molecule has 0 atom stereocenters. The summed E-state index contributed by atoms with van der Waals surface area (Å²) >= 11 is 11.8. The van der Waals surface area contributed by atoms with Crippen LogP contribution in [-0.4, -0.2) is 40.0 Å². The number of benzene rings is 1. The summed E-state index contributed by atoms with van der Waals surface area (Å²) in [6.07, 6.45) is 3.42. The second-order valence-corrected chi connectivity index (χ2v) is 7.42. The first-order chi connectivity index (χ1) is 12.5. The van der Waals surface area contributed by atoms with Crippen LogP contribution in [0.2, 0.25) is 5.02 Å². The smallest absolute Gasteiger partial charge is 0.309 e. The van der Waals surface area contributed by atoms with Crippen LogP contribution in [0.15, 0.2) is 24.5 Å². The van der Waals surface area contributed by atoms with Crippen LogP contribution < -0.4 is 4.90 Å². The fraction of sp³-hybridized carbons (Fsp3) is 0.500. The monoisotopic (exact) mass is 395 g/mol. The summed E-state index contributed by atoms with van der Waals surface area (Å²) in [5, 5.41) is 5.15. The van der Waals surface area contributed by atoms with Gasteiger partial charge in [-0.3, -0.25) is 9.36 Å². The minimum atomic E-state index is -0.0660. The number of carbonyl (C=O) groups is 1. The van der Waals surface area contributed by atoms with E-state index in [4.69, 9.17) is 28.6 Å². The van der Waals surface area contributed by atoms with Gasteiger partial charge in [0.25, 0.3) is 0 Å². The second kappa shape index (κ2) is 8.33. The zero-order valence-electron chi connectivity index (χ0n) is 15.1. The summed E-state index contributed by atoms with van der Waals surface area (Å²) in [5.41, 5.74) is 1.94. The molecule has 26 heavy (non-hydrogen) atoms. The standard InChI is InChI=1S/C18H23ClN4O2S/c1-3-25-17(24)14-6-8-21(9-7-14)12-23-18(26)22(11-20-23)15-5-4-13(2)16(19)10-15/h4-5,10-11,14H,3,6-9,12H2,1-2H3/p+1. The molecule has 140 valence electrons. The number of nitrogens with zero attached hydrogens (tertiary/aromatic N) is 3. The van der Waals surface area contributed by atoms with Crippen molar-refractivity contribution in [3.05, 3.63) is 39.9 Å². The highest BCUT2D eigenvalue weighted by atomic mass is 35.5. The highest BCUT2D eigenvalue weighted by molar-refractivity contribution is 7.71. The number of rotatable bonds is 5. The van der Waals surface area contributed by atoms with E-state index in [1.54, 1.807) is 6.33 Å². The molecule has 8 heteroatoms. The Labute approximate surface area is 163 Å². The van der Waals surface area contributed by atoms with Gasteiger partial charge in [0.15, 0.2) is 6.67 Å². The number of hydrogen-bond acceptors (Lipinski definition) is 4. The minimum Gasteiger partial charge on any atom is -0.466 e. The maximum absolute atomic E-state index is 11.8. The van der Waals surface area contributed by atoms with Gasteiger partial charge < -0.3 is 9.64 Å². The van der Waals surface area contributed by atoms with Crippen molar-refractivity contribution in [1.82, 2.24) is 14.3 Å². The highest BCUT2D eigenvalue weighted by Gasteiger charge is 2.28. The molecule has 1 aromatic heterocycles. The third kappa shape index (κ3) is 4.16. The molecule has 0 spiro atoms. The first kappa shape index (κ1) is 19.1. The summed E-state index contributed by atoms with van der Waals surface area (Å²) < 4.78 is 9.47. The third-order valence-electron chi connectivity index (χ3n) is 4.85. The molecule has 0 amide bonds. The number of carbonyl (C=O) groups excluding carboxylic acids is 1. The fourth-order valence-corrected chi connectivity index (χ4v) is 3.69. The topological polar surface area (TPSA) is 53.5 Å². The lowest BCUT2D eigenvalue weighted by Crippen LogP contribution is -3.12. The average Bonchev–Trinajstić information content (AvgIpc) is 2.99. The molecule has 0 saturated carbocycles. The van der Waals surface area contributed by atoms with Crippen LogP contribution in [0, 0.1) is 17.6 Å². The van der Waals surface area contributed by atoms with Gasteiger partial charge >= 0.3 is 5.97 Å². The fourth-order valence-electron chi connectivity index (χ4n) is 3.25. The molecule has 1 aliphatic heterocycles. The number of piperidine rings is 1. The molecule has 0 aliphatic carbocycles. The van der Waals surface area contributed by atoms with Gasteiger partial charge in [-0.15, -0.1) is 0 Å². The number of halogens is 1. The summed E-state index contributed by atoms with van der Waals surface area (Å²) in [7, 11) is 0. The van der Waals surface area contributed by atoms with E-state index in [1.807, 2.05) is 41.3 Å². The van der Waals surface area contributed by atoms with Crippen LogP contribution in [0.25, 0.3) is 5.69 Å². The molecule has 0 radical (unpaired) electrons. The van der Waals surface area contributed by atoms with Crippen LogP contribution in [0.5, 0.6) is 0 Å². The molecule has 2 aromatic rings. The zero-order valence-corrected chi connectivity index (χ0v) is 16.6. The lowest BCUT2D eigenvalue weighted by molar-refractivity contribution is -0.929. The number of aryl methyl sites for hydroxylation is 1. The Morgan fingerprint density at radius 3 is 2.81 bits per heavy atom. The molecule has 1 N–H and O–H groups in total. The molecule has 3 rings (SSSR count). The first-order valence-corrected chi connectivity index (χ1v) is 9.69. The maximum atomic E-state index is 11.8. The van der Waals surface area contributed by atoms with E-state index in [9.17, 15) is 4.79 Å². The van der Waals surface area contributed by atoms with Gasteiger partial charge in [0.05, 0.1) is 31.3 Å². The van der Waals surface area contributed by atoms with Gasteiger partial charge in [-0.2, -0.15) is 9.78 Å². The van der Waals surface area contributed by atoms with Gasteiger partial charge in [-0.05, 0) is 43.8 Å². The average molecular weight is 396 g/mol. The van der Waals surface area contributed by atoms with Gasteiger partial charge in [0.1, 0.15) is 6.33 Å². The normalized spacial score (nSPS) is 20.1. The van der Waals surface area contributed by atoms with Crippen molar-refractivity contribution < 1.29 is 14.4 Å². The number of likely N-dealkylation sites (tertiary alicyclic amines) is 1. The van der Waals surface area contributed by atoms with Gasteiger partial charge in [-0.25, -0.2) is 0 Å². The Balaban J connectivity index is 1.65. The van der Waals surface area contributed by atoms with Gasteiger partial charge in [0, 0.05) is 17.9 Å². The van der Waals surface area contributed by atoms with Crippen LogP contribution >= 0.6 is 23.8 Å². The Bertz CT molecular complexity index is 840. The van der Waals surface area contributed by atoms with E-state index < -0.39 is 0 Å². The molecule has 6 nitrogen and oxygen atoms in total. The molecule has 0 unspecified atom stereocenters.